The maximum atomic E-state index is 3.63. The van der Waals surface area contributed by atoms with Crippen molar-refractivity contribution in [1.82, 2.24) is 10.2 Å². The van der Waals surface area contributed by atoms with Crippen molar-refractivity contribution in [2.24, 2.45) is 0 Å². The van der Waals surface area contributed by atoms with Gasteiger partial charge in [-0.25, -0.2) is 0 Å². The van der Waals surface area contributed by atoms with E-state index in [-0.39, 0.29) is 0 Å². The lowest BCUT2D eigenvalue weighted by Gasteiger charge is -2.21. The number of likely N-dealkylation sites (N-methyl/N-ethyl adjacent to an activating group) is 1. The number of rotatable bonds is 9. The predicted molar refractivity (Wildman–Crippen MR) is 89.4 cm³/mol. The number of hydrogen-bond donors (Lipinski definition) is 1. The number of nitrogens with zero attached hydrogens (tertiary/aromatic N) is 1. The third kappa shape index (κ3) is 5.64. The molecule has 1 N–H and O–H groups in total. The molecule has 0 spiro atoms. The molecule has 0 aliphatic heterocycles. The fraction of sp³-hybridized carbons (Fsp3) is 0.667. The average Bonchev–Trinajstić information content (AvgIpc) is 2.46. The van der Waals surface area contributed by atoms with Crippen molar-refractivity contribution >= 4 is 0 Å². The van der Waals surface area contributed by atoms with Crippen LogP contribution in [0.4, 0.5) is 0 Å². The van der Waals surface area contributed by atoms with Gasteiger partial charge < -0.3 is 10.2 Å². The van der Waals surface area contributed by atoms with Crippen LogP contribution in [0.15, 0.2) is 24.3 Å². The van der Waals surface area contributed by atoms with Crippen molar-refractivity contribution in [3.8, 4) is 0 Å². The van der Waals surface area contributed by atoms with E-state index in [4.69, 9.17) is 0 Å². The second-order valence-electron chi connectivity index (χ2n) is 5.93. The summed E-state index contributed by atoms with van der Waals surface area (Å²) in [5.74, 6) is 0.611. The molecule has 0 radical (unpaired) electrons. The van der Waals surface area contributed by atoms with Crippen LogP contribution in [0.1, 0.15) is 64.1 Å². The summed E-state index contributed by atoms with van der Waals surface area (Å²) >= 11 is 0. The van der Waals surface area contributed by atoms with E-state index < -0.39 is 0 Å². The summed E-state index contributed by atoms with van der Waals surface area (Å²) in [6.07, 6.45) is 1.24. The van der Waals surface area contributed by atoms with Crippen LogP contribution in [0.5, 0.6) is 0 Å². The van der Waals surface area contributed by atoms with Crippen molar-refractivity contribution in [3.05, 3.63) is 35.4 Å². The summed E-state index contributed by atoms with van der Waals surface area (Å²) in [7, 11) is 0. The Bertz CT molecular complexity index is 356. The molecule has 1 unspecified atom stereocenters. The fourth-order valence-corrected chi connectivity index (χ4v) is 2.47. The van der Waals surface area contributed by atoms with E-state index in [1.165, 1.54) is 24.1 Å². The first-order chi connectivity index (χ1) is 9.58. The third-order valence-electron chi connectivity index (χ3n) is 3.97. The van der Waals surface area contributed by atoms with Gasteiger partial charge in [-0.15, -0.1) is 0 Å². The molecule has 2 nitrogen and oxygen atoms in total. The Balaban J connectivity index is 2.40. The maximum Gasteiger partial charge on any atom is 0.0292 e. The second kappa shape index (κ2) is 9.15. The van der Waals surface area contributed by atoms with Crippen molar-refractivity contribution < 1.29 is 0 Å². The Morgan fingerprint density at radius 1 is 0.950 bits per heavy atom. The van der Waals surface area contributed by atoms with Gasteiger partial charge >= 0.3 is 0 Å². The first-order valence-corrected chi connectivity index (χ1v) is 8.14. The van der Waals surface area contributed by atoms with Crippen LogP contribution < -0.4 is 5.32 Å². The standard InChI is InChI=1S/C18H32N2/c1-6-13-20(7-2)14-12-19-16(5)18-10-8-17(9-11-18)15(3)4/h8-11,15-16,19H,6-7,12-14H2,1-5H3. The Hall–Kier alpha value is -0.860. The second-order valence-corrected chi connectivity index (χ2v) is 5.93. The van der Waals surface area contributed by atoms with Crippen LogP contribution in [-0.2, 0) is 0 Å². The Morgan fingerprint density at radius 2 is 1.55 bits per heavy atom. The Morgan fingerprint density at radius 3 is 2.05 bits per heavy atom. The van der Waals surface area contributed by atoms with Crippen molar-refractivity contribution in [2.75, 3.05) is 26.2 Å². The van der Waals surface area contributed by atoms with Gasteiger partial charge in [0.15, 0.2) is 0 Å². The average molecular weight is 276 g/mol. The Kier molecular flexibility index (Phi) is 7.86. The number of nitrogens with one attached hydrogen (secondary N) is 1. The molecule has 0 saturated carbocycles. The lowest BCUT2D eigenvalue weighted by Crippen LogP contribution is -2.33. The molecule has 1 rings (SSSR count). The van der Waals surface area contributed by atoms with Gasteiger partial charge in [-0.1, -0.05) is 52.0 Å². The van der Waals surface area contributed by atoms with E-state index >= 15 is 0 Å². The van der Waals surface area contributed by atoms with Gasteiger partial charge in [0.05, 0.1) is 0 Å². The molecule has 0 aliphatic rings. The monoisotopic (exact) mass is 276 g/mol. The van der Waals surface area contributed by atoms with Gasteiger partial charge in [0.1, 0.15) is 0 Å². The molecule has 1 atom stereocenters. The molecule has 0 saturated heterocycles. The van der Waals surface area contributed by atoms with Crippen molar-refractivity contribution in [2.45, 2.75) is 53.0 Å². The van der Waals surface area contributed by atoms with Crippen LogP contribution in [0.25, 0.3) is 0 Å². The molecule has 0 aliphatic carbocycles. The summed E-state index contributed by atoms with van der Waals surface area (Å²) in [6.45, 7) is 15.8. The SMILES string of the molecule is CCCN(CC)CCNC(C)c1ccc(C(C)C)cc1. The van der Waals surface area contributed by atoms with Gasteiger partial charge in [-0.05, 0) is 43.5 Å². The van der Waals surface area contributed by atoms with Crippen LogP contribution in [0.3, 0.4) is 0 Å². The van der Waals surface area contributed by atoms with E-state index in [0.29, 0.717) is 12.0 Å². The molecular weight excluding hydrogens is 244 g/mol. The van der Waals surface area contributed by atoms with Crippen LogP contribution in [0.2, 0.25) is 0 Å². The highest BCUT2D eigenvalue weighted by atomic mass is 15.1. The molecule has 0 heterocycles. The van der Waals surface area contributed by atoms with E-state index in [0.717, 1.165) is 19.6 Å². The molecule has 0 bridgehead atoms. The van der Waals surface area contributed by atoms with Gasteiger partial charge in [0.25, 0.3) is 0 Å². The van der Waals surface area contributed by atoms with Crippen LogP contribution in [0, 0.1) is 0 Å². The number of hydrogen-bond acceptors (Lipinski definition) is 2. The molecule has 0 fully saturated rings. The summed E-state index contributed by atoms with van der Waals surface area (Å²) < 4.78 is 0. The molecule has 2 heteroatoms. The van der Waals surface area contributed by atoms with Gasteiger partial charge in [-0.2, -0.15) is 0 Å². The van der Waals surface area contributed by atoms with Gasteiger partial charge in [0.2, 0.25) is 0 Å². The number of benzene rings is 1. The summed E-state index contributed by atoms with van der Waals surface area (Å²) in [6, 6.07) is 9.46. The van der Waals surface area contributed by atoms with E-state index in [9.17, 15) is 0 Å². The zero-order valence-corrected chi connectivity index (χ0v) is 13.9. The van der Waals surface area contributed by atoms with Crippen LogP contribution >= 0.6 is 0 Å². The molecule has 114 valence electrons. The lowest BCUT2D eigenvalue weighted by molar-refractivity contribution is 0.284. The first kappa shape index (κ1) is 17.2. The largest absolute Gasteiger partial charge is 0.309 e. The molecule has 1 aromatic carbocycles. The predicted octanol–water partition coefficient (Wildman–Crippen LogP) is 4.19. The first-order valence-electron chi connectivity index (χ1n) is 8.14. The Labute approximate surface area is 125 Å². The van der Waals surface area contributed by atoms with E-state index in [1.807, 2.05) is 0 Å². The highest BCUT2D eigenvalue weighted by Gasteiger charge is 2.07. The van der Waals surface area contributed by atoms with E-state index in [1.54, 1.807) is 0 Å². The smallest absolute Gasteiger partial charge is 0.0292 e. The highest BCUT2D eigenvalue weighted by Crippen LogP contribution is 2.18. The van der Waals surface area contributed by atoms with Gasteiger partial charge in [-0.3, -0.25) is 0 Å². The molecule has 0 amide bonds. The third-order valence-corrected chi connectivity index (χ3v) is 3.97. The minimum atomic E-state index is 0.427. The van der Waals surface area contributed by atoms with E-state index in [2.05, 4.69) is 69.1 Å². The van der Waals surface area contributed by atoms with Crippen molar-refractivity contribution in [3.63, 3.8) is 0 Å². The highest BCUT2D eigenvalue weighted by molar-refractivity contribution is 5.26. The van der Waals surface area contributed by atoms with Gasteiger partial charge in [0, 0.05) is 19.1 Å². The summed E-state index contributed by atoms with van der Waals surface area (Å²) in [5, 5.41) is 3.63. The summed E-state index contributed by atoms with van der Waals surface area (Å²) in [5.41, 5.74) is 2.80. The molecule has 20 heavy (non-hydrogen) atoms. The molecular formula is C18H32N2. The fourth-order valence-electron chi connectivity index (χ4n) is 2.47. The maximum absolute atomic E-state index is 3.63. The zero-order valence-electron chi connectivity index (χ0n) is 13.9. The quantitative estimate of drug-likeness (QED) is 0.727. The molecule has 1 aromatic rings. The zero-order chi connectivity index (χ0) is 15.0. The minimum absolute atomic E-state index is 0.427. The normalized spacial score (nSPS) is 13.2. The minimum Gasteiger partial charge on any atom is -0.309 e. The topological polar surface area (TPSA) is 15.3 Å². The summed E-state index contributed by atoms with van der Waals surface area (Å²) in [4.78, 5) is 2.50. The van der Waals surface area contributed by atoms with Crippen molar-refractivity contribution in [1.29, 1.82) is 0 Å². The molecule has 0 aromatic heterocycles. The lowest BCUT2D eigenvalue weighted by atomic mass is 9.99. The van der Waals surface area contributed by atoms with Crippen LogP contribution in [-0.4, -0.2) is 31.1 Å².